The molecule has 0 unspecified atom stereocenters. The highest BCUT2D eigenvalue weighted by molar-refractivity contribution is 5.98. The summed E-state index contributed by atoms with van der Waals surface area (Å²) < 4.78 is 5.43. The molecule has 0 aliphatic heterocycles. The molecule has 5 nitrogen and oxygen atoms in total. The molecular weight excluding hydrogens is 326 g/mol. The zero-order chi connectivity index (χ0) is 18.1. The Hall–Kier alpha value is -3.78. The SMILES string of the molecule is COc1cc2ccccc2cc1/C(O)=C(\C#N)c1nc2ccccc2[nH]1. The standard InChI is InChI=1S/C21H15N3O2/c1-26-19-11-14-7-3-2-6-13(14)10-15(19)20(25)16(12-22)21-23-17-8-4-5-9-18(17)24-21/h2-11,25H,1H3,(H,23,24)/b20-16-. The Morgan fingerprint density at radius 2 is 1.77 bits per heavy atom. The molecule has 0 radical (unpaired) electrons. The van der Waals surface area contributed by atoms with Gasteiger partial charge in [-0.2, -0.15) is 5.26 Å². The first-order chi connectivity index (χ1) is 12.7. The van der Waals surface area contributed by atoms with Crippen LogP contribution in [0.15, 0.2) is 60.7 Å². The molecule has 0 aliphatic carbocycles. The number of hydrogen-bond donors (Lipinski definition) is 2. The van der Waals surface area contributed by atoms with E-state index >= 15 is 0 Å². The number of nitriles is 1. The van der Waals surface area contributed by atoms with E-state index in [9.17, 15) is 10.4 Å². The average Bonchev–Trinajstić information content (AvgIpc) is 3.11. The van der Waals surface area contributed by atoms with E-state index in [2.05, 4.69) is 16.0 Å². The van der Waals surface area contributed by atoms with Gasteiger partial charge < -0.3 is 14.8 Å². The molecule has 1 heterocycles. The summed E-state index contributed by atoms with van der Waals surface area (Å²) in [4.78, 5) is 7.49. The molecule has 0 spiro atoms. The van der Waals surface area contributed by atoms with Gasteiger partial charge in [-0.15, -0.1) is 0 Å². The predicted octanol–water partition coefficient (Wildman–Crippen LogP) is 4.67. The third-order valence-corrected chi connectivity index (χ3v) is 4.30. The molecule has 0 saturated carbocycles. The van der Waals surface area contributed by atoms with Crippen LogP contribution in [0, 0.1) is 11.3 Å². The lowest BCUT2D eigenvalue weighted by molar-refractivity contribution is 0.409. The number of aliphatic hydroxyl groups is 1. The van der Waals surface area contributed by atoms with E-state index in [1.165, 1.54) is 7.11 Å². The van der Waals surface area contributed by atoms with Crippen LogP contribution in [0.4, 0.5) is 0 Å². The molecular formula is C21H15N3O2. The zero-order valence-electron chi connectivity index (χ0n) is 14.0. The summed E-state index contributed by atoms with van der Waals surface area (Å²) in [5, 5.41) is 22.4. The van der Waals surface area contributed by atoms with Gasteiger partial charge >= 0.3 is 0 Å². The number of aromatic nitrogens is 2. The van der Waals surface area contributed by atoms with Crippen LogP contribution in [0.25, 0.3) is 33.1 Å². The second kappa shape index (κ2) is 6.26. The van der Waals surface area contributed by atoms with Crippen LogP contribution in [-0.4, -0.2) is 22.2 Å². The minimum Gasteiger partial charge on any atom is -0.506 e. The van der Waals surface area contributed by atoms with Crippen LogP contribution in [0.3, 0.4) is 0 Å². The Balaban J connectivity index is 1.94. The van der Waals surface area contributed by atoms with Crippen molar-refractivity contribution in [1.29, 1.82) is 5.26 Å². The van der Waals surface area contributed by atoms with Crippen molar-refractivity contribution in [1.82, 2.24) is 9.97 Å². The maximum atomic E-state index is 10.8. The predicted molar refractivity (Wildman–Crippen MR) is 102 cm³/mol. The second-order valence-electron chi connectivity index (χ2n) is 5.84. The summed E-state index contributed by atoms with van der Waals surface area (Å²) >= 11 is 0. The Labute approximate surface area is 149 Å². The fourth-order valence-corrected chi connectivity index (χ4v) is 3.00. The van der Waals surface area contributed by atoms with E-state index in [1.807, 2.05) is 60.7 Å². The number of imidazole rings is 1. The summed E-state index contributed by atoms with van der Waals surface area (Å²) in [7, 11) is 1.54. The van der Waals surface area contributed by atoms with E-state index < -0.39 is 0 Å². The maximum Gasteiger partial charge on any atom is 0.153 e. The number of nitrogens with one attached hydrogen (secondary N) is 1. The molecule has 0 aliphatic rings. The van der Waals surface area contributed by atoms with Crippen molar-refractivity contribution >= 4 is 33.1 Å². The van der Waals surface area contributed by atoms with Gasteiger partial charge in [-0.05, 0) is 35.0 Å². The number of methoxy groups -OCH3 is 1. The third kappa shape index (κ3) is 2.54. The number of hydrogen-bond acceptors (Lipinski definition) is 4. The molecule has 2 N–H and O–H groups in total. The summed E-state index contributed by atoms with van der Waals surface area (Å²) in [5.41, 5.74) is 2.04. The fraction of sp³-hybridized carbons (Fsp3) is 0.0476. The topological polar surface area (TPSA) is 81.9 Å². The van der Waals surface area contributed by atoms with Crippen LogP contribution in [0.1, 0.15) is 11.4 Å². The van der Waals surface area contributed by atoms with Crippen molar-refractivity contribution in [2.45, 2.75) is 0 Å². The summed E-state index contributed by atoms with van der Waals surface area (Å²) in [6.07, 6.45) is 0. The van der Waals surface area contributed by atoms with Crippen LogP contribution in [0.2, 0.25) is 0 Å². The van der Waals surface area contributed by atoms with Crippen LogP contribution in [-0.2, 0) is 0 Å². The number of benzene rings is 3. The van der Waals surface area contributed by atoms with Crippen LogP contribution < -0.4 is 4.74 Å². The van der Waals surface area contributed by atoms with Crippen LogP contribution >= 0.6 is 0 Å². The first-order valence-corrected chi connectivity index (χ1v) is 8.07. The number of ether oxygens (including phenoxy) is 1. The number of H-pyrrole nitrogens is 1. The van der Waals surface area contributed by atoms with Gasteiger partial charge in [0.1, 0.15) is 23.2 Å². The number of para-hydroxylation sites is 2. The first kappa shape index (κ1) is 15.7. The molecule has 0 saturated heterocycles. The van der Waals surface area contributed by atoms with Gasteiger partial charge in [0, 0.05) is 0 Å². The minimum absolute atomic E-state index is 0.0646. The number of nitrogens with zero attached hydrogens (tertiary/aromatic N) is 2. The Morgan fingerprint density at radius 1 is 1.08 bits per heavy atom. The van der Waals surface area contributed by atoms with E-state index in [-0.39, 0.29) is 11.3 Å². The summed E-state index contributed by atoms with van der Waals surface area (Å²) in [6, 6.07) is 20.9. The lowest BCUT2D eigenvalue weighted by Gasteiger charge is -2.11. The number of aromatic amines is 1. The zero-order valence-corrected chi connectivity index (χ0v) is 14.0. The highest BCUT2D eigenvalue weighted by Gasteiger charge is 2.18. The molecule has 26 heavy (non-hydrogen) atoms. The monoisotopic (exact) mass is 341 g/mol. The van der Waals surface area contributed by atoms with Gasteiger partial charge in [-0.25, -0.2) is 4.98 Å². The van der Waals surface area contributed by atoms with Crippen molar-refractivity contribution in [3.05, 3.63) is 72.1 Å². The lowest BCUT2D eigenvalue weighted by atomic mass is 10.0. The van der Waals surface area contributed by atoms with Gasteiger partial charge in [0.25, 0.3) is 0 Å². The van der Waals surface area contributed by atoms with Crippen LogP contribution in [0.5, 0.6) is 5.75 Å². The second-order valence-corrected chi connectivity index (χ2v) is 5.84. The maximum absolute atomic E-state index is 10.8. The molecule has 0 fully saturated rings. The molecule has 1 aromatic heterocycles. The molecule has 126 valence electrons. The lowest BCUT2D eigenvalue weighted by Crippen LogP contribution is -1.96. The highest BCUT2D eigenvalue weighted by atomic mass is 16.5. The number of allylic oxidation sites excluding steroid dienone is 1. The van der Waals surface area contributed by atoms with E-state index in [4.69, 9.17) is 4.74 Å². The molecule has 4 aromatic rings. The van der Waals surface area contributed by atoms with Gasteiger partial charge in [0.15, 0.2) is 5.82 Å². The number of fused-ring (bicyclic) bond motifs is 2. The molecule has 0 bridgehead atoms. The van der Waals surface area contributed by atoms with Crippen molar-refractivity contribution in [3.63, 3.8) is 0 Å². The largest absolute Gasteiger partial charge is 0.506 e. The van der Waals surface area contributed by atoms with Crippen molar-refractivity contribution in [3.8, 4) is 11.8 Å². The Morgan fingerprint density at radius 3 is 2.46 bits per heavy atom. The van der Waals surface area contributed by atoms with Gasteiger partial charge in [0.2, 0.25) is 0 Å². The number of aliphatic hydroxyl groups excluding tert-OH is 1. The quantitative estimate of drug-likeness (QED) is 0.419. The smallest absolute Gasteiger partial charge is 0.153 e. The van der Waals surface area contributed by atoms with Gasteiger partial charge in [0.05, 0.1) is 23.7 Å². The van der Waals surface area contributed by atoms with Gasteiger partial charge in [-0.1, -0.05) is 36.4 Å². The van der Waals surface area contributed by atoms with Crippen molar-refractivity contribution < 1.29 is 9.84 Å². The first-order valence-electron chi connectivity index (χ1n) is 8.07. The molecule has 3 aromatic carbocycles. The normalized spacial score (nSPS) is 12.0. The fourth-order valence-electron chi connectivity index (χ4n) is 3.00. The van der Waals surface area contributed by atoms with Crippen molar-refractivity contribution in [2.24, 2.45) is 0 Å². The van der Waals surface area contributed by atoms with E-state index in [0.29, 0.717) is 17.1 Å². The Kier molecular flexibility index (Phi) is 3.79. The molecule has 4 rings (SSSR count). The van der Waals surface area contributed by atoms with E-state index in [1.54, 1.807) is 0 Å². The van der Waals surface area contributed by atoms with Gasteiger partial charge in [-0.3, -0.25) is 0 Å². The van der Waals surface area contributed by atoms with E-state index in [0.717, 1.165) is 21.8 Å². The molecule has 0 amide bonds. The third-order valence-electron chi connectivity index (χ3n) is 4.30. The highest BCUT2D eigenvalue weighted by Crippen LogP contribution is 2.33. The summed E-state index contributed by atoms with van der Waals surface area (Å²) in [6.45, 7) is 0. The van der Waals surface area contributed by atoms with Crippen molar-refractivity contribution in [2.75, 3.05) is 7.11 Å². The minimum atomic E-state index is -0.172. The Bertz CT molecular complexity index is 1170. The molecule has 0 atom stereocenters. The molecule has 5 heteroatoms. The summed E-state index contributed by atoms with van der Waals surface area (Å²) in [5.74, 6) is 0.639. The number of rotatable bonds is 3. The average molecular weight is 341 g/mol.